The van der Waals surface area contributed by atoms with E-state index in [2.05, 4.69) is 36.3 Å². The van der Waals surface area contributed by atoms with Crippen LogP contribution in [0.2, 0.25) is 0 Å². The van der Waals surface area contributed by atoms with E-state index in [1.807, 2.05) is 6.07 Å². The molecule has 100 valence electrons. The number of likely N-dealkylation sites (N-methyl/N-ethyl adjacent to an activating group) is 2. The lowest BCUT2D eigenvalue weighted by atomic mass is 10.2. The summed E-state index contributed by atoms with van der Waals surface area (Å²) in [6.07, 6.45) is 0.945. The Morgan fingerprint density at radius 3 is 2.78 bits per heavy atom. The van der Waals surface area contributed by atoms with Crippen LogP contribution in [0.1, 0.15) is 13.3 Å². The number of nitrogens with one attached hydrogen (secondary N) is 1. The first-order valence-electron chi connectivity index (χ1n) is 6.62. The zero-order valence-electron chi connectivity index (χ0n) is 11.2. The molecule has 0 saturated heterocycles. The average molecular weight is 250 g/mol. The second-order valence-electron chi connectivity index (χ2n) is 4.46. The van der Waals surface area contributed by atoms with Crippen LogP contribution in [0.3, 0.4) is 0 Å². The normalized spacial score (nSPS) is 14.1. The van der Waals surface area contributed by atoms with Crippen molar-refractivity contribution in [1.82, 2.24) is 5.32 Å². The van der Waals surface area contributed by atoms with Crippen molar-refractivity contribution in [3.05, 3.63) is 18.2 Å². The van der Waals surface area contributed by atoms with Gasteiger partial charge < -0.3 is 19.7 Å². The number of hydrogen-bond acceptors (Lipinski definition) is 4. The van der Waals surface area contributed by atoms with Crippen molar-refractivity contribution in [3.8, 4) is 11.5 Å². The summed E-state index contributed by atoms with van der Waals surface area (Å²) in [6, 6.07) is 6.14. The van der Waals surface area contributed by atoms with Crippen molar-refractivity contribution in [1.29, 1.82) is 0 Å². The first kappa shape index (κ1) is 13.0. The van der Waals surface area contributed by atoms with Gasteiger partial charge >= 0.3 is 0 Å². The molecule has 0 spiro atoms. The maximum absolute atomic E-state index is 5.70. The number of fused-ring (bicyclic) bond motifs is 1. The molecule has 0 unspecified atom stereocenters. The van der Waals surface area contributed by atoms with Gasteiger partial charge in [-0.05, 0) is 18.7 Å². The van der Waals surface area contributed by atoms with Crippen molar-refractivity contribution in [2.45, 2.75) is 13.3 Å². The van der Waals surface area contributed by atoms with Gasteiger partial charge in [0.25, 0.3) is 0 Å². The summed E-state index contributed by atoms with van der Waals surface area (Å²) in [6.45, 7) is 6.57. The Morgan fingerprint density at radius 1 is 1.22 bits per heavy atom. The zero-order chi connectivity index (χ0) is 12.8. The van der Waals surface area contributed by atoms with E-state index >= 15 is 0 Å². The van der Waals surface area contributed by atoms with Crippen LogP contribution in [0.5, 0.6) is 11.5 Å². The third-order valence-corrected chi connectivity index (χ3v) is 3.05. The molecule has 0 aromatic heterocycles. The Balaban J connectivity index is 2.02. The van der Waals surface area contributed by atoms with Crippen LogP contribution in [-0.2, 0) is 0 Å². The van der Waals surface area contributed by atoms with Crippen LogP contribution >= 0.6 is 0 Å². The van der Waals surface area contributed by atoms with Gasteiger partial charge in [-0.1, -0.05) is 6.92 Å². The van der Waals surface area contributed by atoms with E-state index in [9.17, 15) is 0 Å². The van der Waals surface area contributed by atoms with E-state index in [-0.39, 0.29) is 0 Å². The summed E-state index contributed by atoms with van der Waals surface area (Å²) in [5.74, 6) is 1.72. The predicted octanol–water partition coefficient (Wildman–Crippen LogP) is 1.89. The summed E-state index contributed by atoms with van der Waals surface area (Å²) in [4.78, 5) is 2.22. The molecule has 4 nitrogen and oxygen atoms in total. The van der Waals surface area contributed by atoms with E-state index in [1.165, 1.54) is 0 Å². The van der Waals surface area contributed by atoms with Gasteiger partial charge in [0.15, 0.2) is 11.5 Å². The lowest BCUT2D eigenvalue weighted by Crippen LogP contribution is -2.28. The van der Waals surface area contributed by atoms with Gasteiger partial charge in [0.05, 0.1) is 13.2 Å². The zero-order valence-corrected chi connectivity index (χ0v) is 11.2. The fraction of sp³-hybridized carbons (Fsp3) is 0.571. The lowest BCUT2D eigenvalue weighted by molar-refractivity contribution is 0.297. The molecule has 1 aliphatic rings. The van der Waals surface area contributed by atoms with E-state index in [0.29, 0.717) is 0 Å². The van der Waals surface area contributed by atoms with Crippen LogP contribution in [0.25, 0.3) is 0 Å². The summed E-state index contributed by atoms with van der Waals surface area (Å²) in [5, 5.41) is 3.32. The summed E-state index contributed by atoms with van der Waals surface area (Å²) in [7, 11) is 2.09. The Bertz CT molecular complexity index is 382. The molecule has 1 aliphatic heterocycles. The third kappa shape index (κ3) is 3.29. The lowest BCUT2D eigenvalue weighted by Gasteiger charge is -2.20. The molecule has 0 bridgehead atoms. The van der Waals surface area contributed by atoms with Gasteiger partial charge in [-0.2, -0.15) is 0 Å². The Hall–Kier alpha value is -1.42. The molecule has 1 N–H and O–H groups in total. The number of ether oxygens (including phenoxy) is 2. The molecule has 1 aromatic rings. The number of anilines is 1. The van der Waals surface area contributed by atoms with Crippen LogP contribution in [0, 0.1) is 0 Å². The van der Waals surface area contributed by atoms with Crippen LogP contribution in [0.15, 0.2) is 18.2 Å². The predicted molar refractivity (Wildman–Crippen MR) is 73.9 cm³/mol. The highest BCUT2D eigenvalue weighted by atomic mass is 16.5. The van der Waals surface area contributed by atoms with Gasteiger partial charge in [-0.25, -0.2) is 0 Å². The summed E-state index contributed by atoms with van der Waals surface area (Å²) >= 11 is 0. The molecule has 1 heterocycles. The second kappa shape index (κ2) is 6.50. The minimum atomic E-state index is 0.734. The minimum absolute atomic E-state index is 0.734. The largest absolute Gasteiger partial charge is 0.490 e. The molecule has 18 heavy (non-hydrogen) atoms. The van der Waals surface area contributed by atoms with Gasteiger partial charge in [0, 0.05) is 38.3 Å². The van der Waals surface area contributed by atoms with Crippen LogP contribution < -0.4 is 19.7 Å². The highest BCUT2D eigenvalue weighted by Crippen LogP contribution is 2.33. The van der Waals surface area contributed by atoms with Gasteiger partial charge in [-0.3, -0.25) is 0 Å². The monoisotopic (exact) mass is 250 g/mol. The molecule has 4 heteroatoms. The molecular formula is C14H22N2O2. The second-order valence-corrected chi connectivity index (χ2v) is 4.46. The fourth-order valence-corrected chi connectivity index (χ4v) is 1.94. The molecule has 2 rings (SSSR count). The maximum Gasteiger partial charge on any atom is 0.163 e. The van der Waals surface area contributed by atoms with Gasteiger partial charge in [0.2, 0.25) is 0 Å². The molecular weight excluding hydrogens is 228 g/mol. The van der Waals surface area contributed by atoms with Gasteiger partial charge in [0.1, 0.15) is 0 Å². The van der Waals surface area contributed by atoms with Crippen molar-refractivity contribution in [2.75, 3.05) is 44.8 Å². The van der Waals surface area contributed by atoms with Crippen molar-refractivity contribution >= 4 is 5.69 Å². The Labute approximate surface area is 109 Å². The first-order valence-corrected chi connectivity index (χ1v) is 6.62. The molecule has 1 aromatic carbocycles. The molecule has 0 atom stereocenters. The number of hydrogen-bond donors (Lipinski definition) is 1. The summed E-state index contributed by atoms with van der Waals surface area (Å²) < 4.78 is 11.3. The smallest absolute Gasteiger partial charge is 0.163 e. The van der Waals surface area contributed by atoms with E-state index < -0.39 is 0 Å². The Morgan fingerprint density at radius 2 is 2.00 bits per heavy atom. The number of rotatable bonds is 5. The first-order chi connectivity index (χ1) is 8.81. The molecule has 0 radical (unpaired) electrons. The van der Waals surface area contributed by atoms with Crippen molar-refractivity contribution < 1.29 is 9.47 Å². The van der Waals surface area contributed by atoms with E-state index in [1.54, 1.807) is 0 Å². The number of nitrogens with zero attached hydrogens (tertiary/aromatic N) is 1. The van der Waals surface area contributed by atoms with Crippen LogP contribution in [0.4, 0.5) is 5.69 Å². The molecule has 0 saturated carbocycles. The van der Waals surface area contributed by atoms with E-state index in [0.717, 1.165) is 56.5 Å². The van der Waals surface area contributed by atoms with Crippen LogP contribution in [-0.4, -0.2) is 39.9 Å². The van der Waals surface area contributed by atoms with Crippen molar-refractivity contribution in [3.63, 3.8) is 0 Å². The average Bonchev–Trinajstić information content (AvgIpc) is 2.63. The number of benzene rings is 1. The summed E-state index contributed by atoms with van der Waals surface area (Å²) in [5.41, 5.74) is 1.16. The highest BCUT2D eigenvalue weighted by Gasteiger charge is 2.11. The fourth-order valence-electron chi connectivity index (χ4n) is 1.94. The third-order valence-electron chi connectivity index (χ3n) is 3.05. The topological polar surface area (TPSA) is 33.7 Å². The quantitative estimate of drug-likeness (QED) is 0.809. The van der Waals surface area contributed by atoms with E-state index in [4.69, 9.17) is 9.47 Å². The van der Waals surface area contributed by atoms with Crippen molar-refractivity contribution in [2.24, 2.45) is 0 Å². The minimum Gasteiger partial charge on any atom is -0.490 e. The SMILES string of the molecule is CCNCCN(C)c1ccc2c(c1)OCCCO2. The molecule has 0 amide bonds. The standard InChI is InChI=1S/C14H22N2O2/c1-3-15-7-8-16(2)12-5-6-13-14(11-12)18-10-4-9-17-13/h5-6,11,15H,3-4,7-10H2,1-2H3. The molecule has 0 aliphatic carbocycles. The molecule has 0 fully saturated rings. The maximum atomic E-state index is 5.70. The Kier molecular flexibility index (Phi) is 4.70. The van der Waals surface area contributed by atoms with Gasteiger partial charge in [-0.15, -0.1) is 0 Å². The highest BCUT2D eigenvalue weighted by molar-refractivity contribution is 5.56.